The molecule has 0 fully saturated rings. The second kappa shape index (κ2) is 8.06. The number of ether oxygens (including phenoxy) is 1. The first kappa shape index (κ1) is 19.1. The molecule has 0 unspecified atom stereocenters. The minimum absolute atomic E-state index is 0.141. The van der Waals surface area contributed by atoms with Crippen molar-refractivity contribution < 1.29 is 30.0 Å². The van der Waals surface area contributed by atoms with Gasteiger partial charge in [-0.2, -0.15) is 0 Å². The Hall–Kier alpha value is -0.950. The van der Waals surface area contributed by atoms with Crippen LogP contribution in [0.3, 0.4) is 0 Å². The molecule has 0 saturated heterocycles. The van der Waals surface area contributed by atoms with Gasteiger partial charge in [0.2, 0.25) is 0 Å². The van der Waals surface area contributed by atoms with Gasteiger partial charge in [-0.1, -0.05) is 25.5 Å². The summed E-state index contributed by atoms with van der Waals surface area (Å²) >= 11 is 0. The Balaban J connectivity index is 2.94. The van der Waals surface area contributed by atoms with Gasteiger partial charge in [0.15, 0.2) is 0 Å². The van der Waals surface area contributed by atoms with Gasteiger partial charge in [0, 0.05) is 12.8 Å². The third-order valence-corrected chi connectivity index (χ3v) is 4.05. The van der Waals surface area contributed by atoms with Crippen molar-refractivity contribution in [1.82, 2.24) is 0 Å². The lowest BCUT2D eigenvalue weighted by molar-refractivity contribution is -0.172. The summed E-state index contributed by atoms with van der Waals surface area (Å²) in [7, 11) is 0. The third kappa shape index (κ3) is 5.05. The van der Waals surface area contributed by atoms with Crippen LogP contribution in [0, 0.1) is 5.41 Å². The lowest BCUT2D eigenvalue weighted by atomic mass is 9.82. The molecule has 0 radical (unpaired) electrons. The Morgan fingerprint density at radius 3 is 2.55 bits per heavy atom. The van der Waals surface area contributed by atoms with E-state index < -0.39 is 41.9 Å². The van der Waals surface area contributed by atoms with Gasteiger partial charge in [-0.05, 0) is 20.3 Å². The summed E-state index contributed by atoms with van der Waals surface area (Å²) in [6.45, 7) is 4.93. The maximum absolute atomic E-state index is 12.3. The van der Waals surface area contributed by atoms with Crippen LogP contribution in [0.25, 0.3) is 0 Å². The number of esters is 1. The normalized spacial score (nSPS) is 35.5. The second-order valence-corrected chi connectivity index (χ2v) is 6.55. The monoisotopic (exact) mass is 316 g/mol. The highest BCUT2D eigenvalue weighted by Gasteiger charge is 2.42. The molecule has 0 amide bonds. The molecule has 1 aliphatic heterocycles. The van der Waals surface area contributed by atoms with Crippen molar-refractivity contribution in [2.75, 3.05) is 0 Å². The molecule has 0 saturated carbocycles. The Morgan fingerprint density at radius 2 is 1.95 bits per heavy atom. The maximum Gasteiger partial charge on any atom is 0.314 e. The number of hydrogen-bond donors (Lipinski definition) is 4. The lowest BCUT2D eigenvalue weighted by Crippen LogP contribution is -2.47. The van der Waals surface area contributed by atoms with Crippen molar-refractivity contribution in [3.63, 3.8) is 0 Å². The van der Waals surface area contributed by atoms with Gasteiger partial charge >= 0.3 is 5.97 Å². The molecule has 22 heavy (non-hydrogen) atoms. The van der Waals surface area contributed by atoms with Crippen molar-refractivity contribution in [2.24, 2.45) is 5.41 Å². The summed E-state index contributed by atoms with van der Waals surface area (Å²) in [4.78, 5) is 12.3. The van der Waals surface area contributed by atoms with Crippen LogP contribution in [0.2, 0.25) is 0 Å². The van der Waals surface area contributed by atoms with Crippen molar-refractivity contribution in [3.8, 4) is 0 Å². The smallest absolute Gasteiger partial charge is 0.314 e. The lowest BCUT2D eigenvalue weighted by Gasteiger charge is -2.34. The van der Waals surface area contributed by atoms with Gasteiger partial charge in [-0.3, -0.25) is 4.79 Å². The van der Waals surface area contributed by atoms with Gasteiger partial charge in [0.05, 0.1) is 29.8 Å². The summed E-state index contributed by atoms with van der Waals surface area (Å²) in [5, 5.41) is 39.8. The number of carbonyl (C=O) groups excluding carboxylic acids is 1. The fourth-order valence-corrected chi connectivity index (χ4v) is 2.49. The zero-order chi connectivity index (χ0) is 16.9. The summed E-state index contributed by atoms with van der Waals surface area (Å²) < 4.78 is 5.38. The summed E-state index contributed by atoms with van der Waals surface area (Å²) in [6.07, 6.45) is -0.350. The first-order valence-electron chi connectivity index (χ1n) is 7.80. The maximum atomic E-state index is 12.3. The molecule has 0 spiro atoms. The molecule has 6 heteroatoms. The zero-order valence-electron chi connectivity index (χ0n) is 13.5. The largest absolute Gasteiger partial charge is 0.462 e. The Labute approximate surface area is 131 Å². The van der Waals surface area contributed by atoms with Crippen LogP contribution in [-0.2, 0) is 9.53 Å². The fourth-order valence-electron chi connectivity index (χ4n) is 2.49. The molecule has 1 aliphatic rings. The molecular weight excluding hydrogens is 288 g/mol. The number of carbonyl (C=O) groups is 1. The average molecular weight is 316 g/mol. The van der Waals surface area contributed by atoms with Crippen LogP contribution in [0.15, 0.2) is 12.2 Å². The van der Waals surface area contributed by atoms with Crippen molar-refractivity contribution >= 4 is 5.97 Å². The molecule has 0 bridgehead atoms. The van der Waals surface area contributed by atoms with Crippen LogP contribution in [0.1, 0.15) is 46.5 Å². The minimum atomic E-state index is -1.34. The number of cyclic esters (lactones) is 1. The molecule has 1 heterocycles. The predicted molar refractivity (Wildman–Crippen MR) is 81.0 cm³/mol. The molecule has 1 rings (SSSR count). The summed E-state index contributed by atoms with van der Waals surface area (Å²) in [6, 6.07) is 0. The van der Waals surface area contributed by atoms with Crippen LogP contribution in [-0.4, -0.2) is 56.9 Å². The summed E-state index contributed by atoms with van der Waals surface area (Å²) in [5.41, 5.74) is -1.29. The van der Waals surface area contributed by atoms with E-state index >= 15 is 0 Å². The van der Waals surface area contributed by atoms with E-state index in [1.54, 1.807) is 0 Å². The molecule has 5 atom stereocenters. The van der Waals surface area contributed by atoms with Crippen LogP contribution in [0.4, 0.5) is 0 Å². The molecule has 0 aromatic heterocycles. The molecular formula is C16H28O6. The zero-order valence-corrected chi connectivity index (χ0v) is 13.5. The van der Waals surface area contributed by atoms with Gasteiger partial charge < -0.3 is 25.2 Å². The second-order valence-electron chi connectivity index (χ2n) is 6.55. The Morgan fingerprint density at radius 1 is 1.32 bits per heavy atom. The van der Waals surface area contributed by atoms with Crippen molar-refractivity contribution in [3.05, 3.63) is 12.2 Å². The van der Waals surface area contributed by atoms with E-state index in [-0.39, 0.29) is 12.8 Å². The van der Waals surface area contributed by atoms with E-state index in [9.17, 15) is 25.2 Å². The van der Waals surface area contributed by atoms with Gasteiger partial charge in [0.25, 0.3) is 0 Å². The fraction of sp³-hybridized carbons (Fsp3) is 0.812. The molecule has 4 N–H and O–H groups in total. The average Bonchev–Trinajstić information content (AvgIpc) is 2.42. The van der Waals surface area contributed by atoms with Crippen molar-refractivity contribution in [1.29, 1.82) is 0 Å². The quantitative estimate of drug-likeness (QED) is 0.445. The van der Waals surface area contributed by atoms with E-state index in [0.29, 0.717) is 6.42 Å². The van der Waals surface area contributed by atoms with Gasteiger partial charge in [0.1, 0.15) is 6.10 Å². The molecule has 6 nitrogen and oxygen atoms in total. The topological polar surface area (TPSA) is 107 Å². The number of hydrogen-bond acceptors (Lipinski definition) is 6. The highest BCUT2D eigenvalue weighted by atomic mass is 16.5. The third-order valence-electron chi connectivity index (χ3n) is 4.05. The van der Waals surface area contributed by atoms with Crippen molar-refractivity contribution in [2.45, 2.75) is 77.0 Å². The standard InChI is InChI=1S/C16H28O6/c1-4-5-10(17)8-12-9-11(18)6-7-13(19)14(20)16(2,3)15(21)22-12/h6-7,10-14,17-20H,4-5,8-9H2,1-3H3/b7-6+/t10-,11+,12+,13-,14+/m0/s1. The van der Waals surface area contributed by atoms with E-state index in [1.165, 1.54) is 26.0 Å². The van der Waals surface area contributed by atoms with Gasteiger partial charge in [-0.15, -0.1) is 0 Å². The summed E-state index contributed by atoms with van der Waals surface area (Å²) in [5.74, 6) is -0.657. The predicted octanol–water partition coefficient (Wildman–Crippen LogP) is 0.518. The first-order valence-corrected chi connectivity index (χ1v) is 7.80. The van der Waals surface area contributed by atoms with Crippen LogP contribution in [0.5, 0.6) is 0 Å². The van der Waals surface area contributed by atoms with E-state index in [0.717, 1.165) is 6.42 Å². The number of aliphatic hydroxyl groups excluding tert-OH is 4. The van der Waals surface area contributed by atoms with E-state index in [1.807, 2.05) is 6.92 Å². The molecule has 0 aromatic rings. The molecule has 0 aromatic carbocycles. The van der Waals surface area contributed by atoms with E-state index in [4.69, 9.17) is 4.74 Å². The van der Waals surface area contributed by atoms with E-state index in [2.05, 4.69) is 0 Å². The number of rotatable bonds is 4. The minimum Gasteiger partial charge on any atom is -0.462 e. The first-order chi connectivity index (χ1) is 10.2. The van der Waals surface area contributed by atoms with Crippen LogP contribution >= 0.6 is 0 Å². The highest BCUT2D eigenvalue weighted by molar-refractivity contribution is 5.77. The Kier molecular flexibility index (Phi) is 6.99. The SMILES string of the molecule is CCC[C@H](O)C[C@@H]1C[C@H](O)/C=C/[C@H](O)[C@@H](O)C(C)(C)C(=O)O1. The molecule has 0 aliphatic carbocycles. The molecule has 128 valence electrons. The number of aliphatic hydroxyl groups is 4. The van der Waals surface area contributed by atoms with Crippen LogP contribution < -0.4 is 0 Å². The Bertz CT molecular complexity index is 392. The van der Waals surface area contributed by atoms with Gasteiger partial charge in [-0.25, -0.2) is 0 Å². The highest BCUT2D eigenvalue weighted by Crippen LogP contribution is 2.29.